The molecule has 0 saturated carbocycles. The van der Waals surface area contributed by atoms with Gasteiger partial charge in [-0.05, 0) is 47.8 Å². The summed E-state index contributed by atoms with van der Waals surface area (Å²) in [7, 11) is 0. The van der Waals surface area contributed by atoms with Crippen molar-refractivity contribution in [2.45, 2.75) is 10.6 Å². The number of carbonyl (C=O) groups is 1. The summed E-state index contributed by atoms with van der Waals surface area (Å²) in [5.41, 5.74) is 1.33. The summed E-state index contributed by atoms with van der Waals surface area (Å²) in [4.78, 5) is 18.5. The highest BCUT2D eigenvalue weighted by molar-refractivity contribution is 7.97. The molecule has 5 aromatic rings. The van der Waals surface area contributed by atoms with Crippen LogP contribution in [-0.2, 0) is 17.1 Å². The summed E-state index contributed by atoms with van der Waals surface area (Å²) < 4.78 is 45.2. The molecule has 186 valence electrons. The Morgan fingerprint density at radius 1 is 1.05 bits per heavy atom. The van der Waals surface area contributed by atoms with E-state index in [0.29, 0.717) is 16.6 Å². The van der Waals surface area contributed by atoms with Gasteiger partial charge < -0.3 is 4.55 Å². The third kappa shape index (κ3) is 5.20. The van der Waals surface area contributed by atoms with E-state index >= 15 is 4.39 Å². The number of fused-ring (bicyclic) bond motifs is 1. The molecule has 0 spiro atoms. The van der Waals surface area contributed by atoms with Crippen LogP contribution in [0.1, 0.15) is 21.6 Å². The quantitative estimate of drug-likeness (QED) is 0.139. The number of halogens is 2. The zero-order chi connectivity index (χ0) is 25.9. The second kappa shape index (κ2) is 10.7. The van der Waals surface area contributed by atoms with Crippen molar-refractivity contribution >= 4 is 45.8 Å². The molecule has 0 bridgehead atoms. The molecule has 11 heteroatoms. The maximum atomic E-state index is 15.4. The average Bonchev–Trinajstić information content (AvgIpc) is 3.34. The number of hydrogen-bond acceptors (Lipinski definition) is 7. The van der Waals surface area contributed by atoms with E-state index in [0.717, 1.165) is 40.1 Å². The van der Waals surface area contributed by atoms with Crippen LogP contribution >= 0.6 is 11.9 Å². The zero-order valence-electron chi connectivity index (χ0n) is 19.1. The molecule has 2 heterocycles. The standard InChI is InChI=1S/C26H19F2N5O2S2/c27-20-10-11-21(33-37(35)14-15-4-2-1-3-5-15)23(28)22(20)25(34)24-19-12-17(13-30-26(19)32-31-24)16-6-8-18(36-29)9-7-16/h1-13,33H,14,29H2,(H,30,31,32). The lowest BCUT2D eigenvalue weighted by molar-refractivity contribution is 0.102. The smallest absolute Gasteiger partial charge is 0.219 e. The first-order valence-electron chi connectivity index (χ1n) is 11.0. The third-order valence-electron chi connectivity index (χ3n) is 5.64. The summed E-state index contributed by atoms with van der Waals surface area (Å²) in [6.07, 6.45) is 1.60. The summed E-state index contributed by atoms with van der Waals surface area (Å²) >= 11 is -0.593. The van der Waals surface area contributed by atoms with Crippen LogP contribution in [0.3, 0.4) is 0 Å². The SMILES string of the molecule is NSc1ccc(-c2cnc3[nH]nc(C(=O)c4c(F)ccc(N[S+]([O-])Cc5ccccc5)c4F)c3c2)cc1. The van der Waals surface area contributed by atoms with Crippen LogP contribution in [0.2, 0.25) is 0 Å². The van der Waals surface area contributed by atoms with E-state index in [2.05, 4.69) is 19.9 Å². The molecule has 0 fully saturated rings. The van der Waals surface area contributed by atoms with Gasteiger partial charge >= 0.3 is 0 Å². The van der Waals surface area contributed by atoms with Gasteiger partial charge in [0.1, 0.15) is 17.2 Å². The molecule has 0 amide bonds. The molecule has 0 aliphatic heterocycles. The Bertz CT molecular complexity index is 1580. The number of carbonyl (C=O) groups excluding carboxylic acids is 1. The molecule has 1 unspecified atom stereocenters. The number of nitrogens with zero attached hydrogens (tertiary/aromatic N) is 2. The summed E-state index contributed by atoms with van der Waals surface area (Å²) in [5.74, 6) is -3.07. The number of nitrogens with one attached hydrogen (secondary N) is 2. The number of benzene rings is 3. The Morgan fingerprint density at radius 2 is 1.81 bits per heavy atom. The number of ketones is 1. The fraction of sp³-hybridized carbons (Fsp3) is 0.0385. The molecule has 4 N–H and O–H groups in total. The predicted molar refractivity (Wildman–Crippen MR) is 141 cm³/mol. The van der Waals surface area contributed by atoms with Crippen LogP contribution in [0.5, 0.6) is 0 Å². The molecule has 5 rings (SSSR count). The fourth-order valence-corrected chi connectivity index (χ4v) is 5.07. The van der Waals surface area contributed by atoms with Crippen molar-refractivity contribution in [1.29, 1.82) is 0 Å². The van der Waals surface area contributed by atoms with Crippen molar-refractivity contribution in [2.75, 3.05) is 4.72 Å². The van der Waals surface area contributed by atoms with Gasteiger partial charge in [-0.3, -0.25) is 15.0 Å². The highest BCUT2D eigenvalue weighted by Gasteiger charge is 2.27. The number of hydrogen-bond donors (Lipinski definition) is 3. The van der Waals surface area contributed by atoms with Gasteiger partial charge in [-0.25, -0.2) is 18.5 Å². The molecule has 3 aromatic carbocycles. The molecule has 0 aliphatic carbocycles. The van der Waals surface area contributed by atoms with Gasteiger partial charge in [0.2, 0.25) is 5.78 Å². The van der Waals surface area contributed by atoms with Gasteiger partial charge in [0, 0.05) is 22.2 Å². The molecule has 0 aliphatic rings. The van der Waals surface area contributed by atoms with Crippen LogP contribution in [0.15, 0.2) is 83.9 Å². The topological polar surface area (TPSA) is 120 Å². The molecular weight excluding hydrogens is 516 g/mol. The van der Waals surface area contributed by atoms with Crippen molar-refractivity contribution in [2.24, 2.45) is 5.14 Å². The van der Waals surface area contributed by atoms with Crippen LogP contribution in [0, 0.1) is 11.6 Å². The van der Waals surface area contributed by atoms with E-state index in [1.807, 2.05) is 30.3 Å². The van der Waals surface area contributed by atoms with Crippen LogP contribution in [0.4, 0.5) is 14.5 Å². The molecule has 7 nitrogen and oxygen atoms in total. The van der Waals surface area contributed by atoms with Gasteiger partial charge in [0.25, 0.3) is 0 Å². The lowest BCUT2D eigenvalue weighted by Gasteiger charge is -2.14. The minimum Gasteiger partial charge on any atom is -0.593 e. The molecular formula is C26H19F2N5O2S2. The minimum absolute atomic E-state index is 0.102. The maximum Gasteiger partial charge on any atom is 0.219 e. The summed E-state index contributed by atoms with van der Waals surface area (Å²) in [6.45, 7) is 0. The fourth-order valence-electron chi connectivity index (χ4n) is 3.80. The number of pyridine rings is 1. The van der Waals surface area contributed by atoms with Gasteiger partial charge in [-0.2, -0.15) is 5.10 Å². The highest BCUT2D eigenvalue weighted by Crippen LogP contribution is 2.29. The van der Waals surface area contributed by atoms with Crippen molar-refractivity contribution in [1.82, 2.24) is 15.2 Å². The number of aromatic nitrogens is 3. The lowest BCUT2D eigenvalue weighted by Crippen LogP contribution is -2.18. The minimum atomic E-state index is -1.71. The van der Waals surface area contributed by atoms with Crippen LogP contribution in [-0.4, -0.2) is 25.5 Å². The van der Waals surface area contributed by atoms with Crippen molar-refractivity contribution in [3.8, 4) is 11.1 Å². The Labute approximate surface area is 218 Å². The monoisotopic (exact) mass is 535 g/mol. The Morgan fingerprint density at radius 3 is 2.54 bits per heavy atom. The first kappa shape index (κ1) is 24.9. The largest absolute Gasteiger partial charge is 0.593 e. The second-order valence-electron chi connectivity index (χ2n) is 8.03. The van der Waals surface area contributed by atoms with E-state index in [-0.39, 0.29) is 17.1 Å². The molecule has 2 aromatic heterocycles. The van der Waals surface area contributed by atoms with Crippen molar-refractivity contribution < 1.29 is 18.1 Å². The third-order valence-corrected chi connectivity index (χ3v) is 7.23. The molecule has 0 saturated heterocycles. The number of H-pyrrole nitrogens is 1. The Kier molecular flexibility index (Phi) is 7.19. The summed E-state index contributed by atoms with van der Waals surface area (Å²) in [6, 6.07) is 20.1. The number of anilines is 1. The zero-order valence-corrected chi connectivity index (χ0v) is 20.7. The van der Waals surface area contributed by atoms with Gasteiger partial charge in [-0.1, -0.05) is 42.5 Å². The molecule has 37 heavy (non-hydrogen) atoms. The number of rotatable bonds is 8. The first-order valence-corrected chi connectivity index (χ1v) is 13.2. The lowest BCUT2D eigenvalue weighted by atomic mass is 10.0. The Hall–Kier alpha value is -3.77. The van der Waals surface area contributed by atoms with Crippen molar-refractivity contribution in [3.63, 3.8) is 0 Å². The highest BCUT2D eigenvalue weighted by atomic mass is 32.2. The normalized spacial score (nSPS) is 12.0. The van der Waals surface area contributed by atoms with Gasteiger partial charge in [-0.15, -0.1) is 0 Å². The average molecular weight is 536 g/mol. The molecule has 0 radical (unpaired) electrons. The summed E-state index contributed by atoms with van der Waals surface area (Å²) in [5, 5.41) is 12.5. The maximum absolute atomic E-state index is 15.4. The van der Waals surface area contributed by atoms with E-state index in [4.69, 9.17) is 5.14 Å². The predicted octanol–water partition coefficient (Wildman–Crippen LogP) is 5.38. The van der Waals surface area contributed by atoms with Crippen molar-refractivity contribution in [3.05, 3.63) is 107 Å². The van der Waals surface area contributed by atoms with Crippen LogP contribution in [0.25, 0.3) is 22.2 Å². The van der Waals surface area contributed by atoms with E-state index in [1.165, 1.54) is 0 Å². The second-order valence-corrected chi connectivity index (χ2v) is 9.92. The van der Waals surface area contributed by atoms with E-state index < -0.39 is 34.3 Å². The van der Waals surface area contributed by atoms with Gasteiger partial charge in [0.15, 0.2) is 17.2 Å². The van der Waals surface area contributed by atoms with Gasteiger partial charge in [0.05, 0.1) is 22.3 Å². The number of nitrogens with two attached hydrogens (primary N) is 1. The Balaban J connectivity index is 1.46. The molecule has 1 atom stereocenters. The van der Waals surface area contributed by atoms with Crippen LogP contribution < -0.4 is 9.86 Å². The number of aromatic amines is 1. The van der Waals surface area contributed by atoms with E-state index in [1.54, 1.807) is 36.5 Å². The van der Waals surface area contributed by atoms with E-state index in [9.17, 15) is 13.7 Å². The first-order chi connectivity index (χ1) is 17.9.